The van der Waals surface area contributed by atoms with E-state index >= 15 is 0 Å². The fraction of sp³-hybridized carbons (Fsp3) is 0.647. The molecule has 1 atom stereocenters. The summed E-state index contributed by atoms with van der Waals surface area (Å²) in [5, 5.41) is 10.0. The lowest BCUT2D eigenvalue weighted by Gasteiger charge is -2.19. The van der Waals surface area contributed by atoms with Gasteiger partial charge in [0.15, 0.2) is 0 Å². The van der Waals surface area contributed by atoms with Gasteiger partial charge in [-0.25, -0.2) is 0 Å². The van der Waals surface area contributed by atoms with E-state index in [1.807, 2.05) is 32.9 Å². The minimum absolute atomic E-state index is 0.144. The van der Waals surface area contributed by atoms with E-state index < -0.39 is 6.10 Å². The van der Waals surface area contributed by atoms with Crippen LogP contribution in [-0.4, -0.2) is 30.5 Å². The van der Waals surface area contributed by atoms with E-state index in [9.17, 15) is 5.11 Å². The van der Waals surface area contributed by atoms with Gasteiger partial charge in [0.1, 0.15) is 6.10 Å². The van der Waals surface area contributed by atoms with Crippen molar-refractivity contribution in [3.63, 3.8) is 0 Å². The van der Waals surface area contributed by atoms with Crippen molar-refractivity contribution in [1.82, 2.24) is 0 Å². The van der Waals surface area contributed by atoms with Gasteiger partial charge < -0.3 is 14.6 Å². The third kappa shape index (κ3) is 6.51. The molecule has 1 unspecified atom stereocenters. The molecule has 1 aromatic rings. The van der Waals surface area contributed by atoms with Crippen LogP contribution in [0.2, 0.25) is 0 Å². The molecule has 20 heavy (non-hydrogen) atoms. The second-order valence-corrected chi connectivity index (χ2v) is 6.37. The maximum absolute atomic E-state index is 10.0. The number of rotatable bonds is 7. The van der Waals surface area contributed by atoms with Crippen LogP contribution in [0, 0.1) is 0 Å². The molecule has 0 saturated heterocycles. The van der Waals surface area contributed by atoms with Gasteiger partial charge in [0.2, 0.25) is 0 Å². The molecule has 0 radical (unpaired) electrons. The minimum Gasteiger partial charge on any atom is -0.386 e. The highest BCUT2D eigenvalue weighted by molar-refractivity contribution is 5.26. The SMILES string of the molecule is CC(C)c1ccc(C(O)COCCOC(C)(C)C)cc1. The summed E-state index contributed by atoms with van der Waals surface area (Å²) in [5.74, 6) is 0.506. The van der Waals surface area contributed by atoms with Gasteiger partial charge in [0.05, 0.1) is 25.4 Å². The molecule has 0 fully saturated rings. The van der Waals surface area contributed by atoms with Crippen LogP contribution in [0.5, 0.6) is 0 Å². The Labute approximate surface area is 122 Å². The van der Waals surface area contributed by atoms with Gasteiger partial charge in [-0.05, 0) is 37.8 Å². The molecule has 0 amide bonds. The second-order valence-electron chi connectivity index (χ2n) is 6.37. The van der Waals surface area contributed by atoms with Crippen LogP contribution < -0.4 is 0 Å². The first kappa shape index (κ1) is 17.2. The summed E-state index contributed by atoms with van der Waals surface area (Å²) >= 11 is 0. The third-order valence-corrected chi connectivity index (χ3v) is 3.03. The second kappa shape index (κ2) is 7.77. The van der Waals surface area contributed by atoms with E-state index in [0.717, 1.165) is 5.56 Å². The van der Waals surface area contributed by atoms with Crippen LogP contribution >= 0.6 is 0 Å². The van der Waals surface area contributed by atoms with Crippen molar-refractivity contribution >= 4 is 0 Å². The summed E-state index contributed by atoms with van der Waals surface area (Å²) in [6.45, 7) is 11.7. The predicted molar refractivity (Wildman–Crippen MR) is 82.0 cm³/mol. The smallest absolute Gasteiger partial charge is 0.102 e. The topological polar surface area (TPSA) is 38.7 Å². The first-order valence-electron chi connectivity index (χ1n) is 7.29. The molecule has 0 spiro atoms. The zero-order chi connectivity index (χ0) is 15.2. The van der Waals surface area contributed by atoms with Crippen LogP contribution in [0.25, 0.3) is 0 Å². The molecule has 1 rings (SSSR count). The normalized spacial score (nSPS) is 13.8. The van der Waals surface area contributed by atoms with Crippen LogP contribution in [0.4, 0.5) is 0 Å². The summed E-state index contributed by atoms with van der Waals surface area (Å²) < 4.78 is 11.0. The van der Waals surface area contributed by atoms with E-state index in [-0.39, 0.29) is 5.60 Å². The highest BCUT2D eigenvalue weighted by atomic mass is 16.5. The highest BCUT2D eigenvalue weighted by Crippen LogP contribution is 2.19. The lowest BCUT2D eigenvalue weighted by Crippen LogP contribution is -2.22. The Morgan fingerprint density at radius 1 is 1.00 bits per heavy atom. The number of aliphatic hydroxyl groups is 1. The number of benzene rings is 1. The van der Waals surface area contributed by atoms with Gasteiger partial charge in [-0.3, -0.25) is 0 Å². The van der Waals surface area contributed by atoms with Crippen molar-refractivity contribution in [1.29, 1.82) is 0 Å². The van der Waals surface area contributed by atoms with Gasteiger partial charge in [-0.15, -0.1) is 0 Å². The van der Waals surface area contributed by atoms with E-state index in [2.05, 4.69) is 26.0 Å². The van der Waals surface area contributed by atoms with Crippen molar-refractivity contribution in [2.24, 2.45) is 0 Å². The van der Waals surface area contributed by atoms with Crippen LogP contribution in [0.1, 0.15) is 57.8 Å². The molecule has 0 aliphatic rings. The molecule has 1 aromatic carbocycles. The maximum Gasteiger partial charge on any atom is 0.102 e. The summed E-state index contributed by atoms with van der Waals surface area (Å²) in [4.78, 5) is 0. The van der Waals surface area contributed by atoms with Crippen LogP contribution in [0.15, 0.2) is 24.3 Å². The van der Waals surface area contributed by atoms with Gasteiger partial charge >= 0.3 is 0 Å². The molecule has 0 aliphatic heterocycles. The quantitative estimate of drug-likeness (QED) is 0.774. The van der Waals surface area contributed by atoms with Gasteiger partial charge in [-0.2, -0.15) is 0 Å². The Hall–Kier alpha value is -0.900. The Kier molecular flexibility index (Phi) is 6.66. The molecule has 114 valence electrons. The fourth-order valence-electron chi connectivity index (χ4n) is 1.80. The lowest BCUT2D eigenvalue weighted by atomic mass is 10.0. The Morgan fingerprint density at radius 3 is 2.05 bits per heavy atom. The fourth-order valence-corrected chi connectivity index (χ4v) is 1.80. The molecular formula is C17H28O3. The number of hydrogen-bond acceptors (Lipinski definition) is 3. The zero-order valence-electron chi connectivity index (χ0n) is 13.3. The van der Waals surface area contributed by atoms with E-state index in [1.165, 1.54) is 5.56 Å². The van der Waals surface area contributed by atoms with Crippen LogP contribution in [0.3, 0.4) is 0 Å². The largest absolute Gasteiger partial charge is 0.386 e. The van der Waals surface area contributed by atoms with Crippen molar-refractivity contribution in [2.75, 3.05) is 19.8 Å². The molecule has 3 heteroatoms. The van der Waals surface area contributed by atoms with E-state index in [4.69, 9.17) is 9.47 Å². The maximum atomic E-state index is 10.0. The molecule has 0 aliphatic carbocycles. The Morgan fingerprint density at radius 2 is 1.55 bits per heavy atom. The molecule has 0 saturated carbocycles. The van der Waals surface area contributed by atoms with Crippen molar-refractivity contribution in [3.05, 3.63) is 35.4 Å². The minimum atomic E-state index is -0.578. The Bertz CT molecular complexity index is 376. The van der Waals surface area contributed by atoms with Crippen molar-refractivity contribution < 1.29 is 14.6 Å². The average Bonchev–Trinajstić information content (AvgIpc) is 2.37. The standard InChI is InChI=1S/C17H28O3/c1-13(2)14-6-8-15(9-7-14)16(18)12-19-10-11-20-17(3,4)5/h6-9,13,16,18H,10-12H2,1-5H3. The summed E-state index contributed by atoms with van der Waals surface area (Å²) in [5.41, 5.74) is 2.03. The van der Waals surface area contributed by atoms with Crippen LogP contribution in [-0.2, 0) is 9.47 Å². The first-order chi connectivity index (χ1) is 9.29. The molecule has 1 N–H and O–H groups in total. The highest BCUT2D eigenvalue weighted by Gasteiger charge is 2.11. The number of aliphatic hydroxyl groups excluding tert-OH is 1. The monoisotopic (exact) mass is 280 g/mol. The third-order valence-electron chi connectivity index (χ3n) is 3.03. The molecular weight excluding hydrogens is 252 g/mol. The summed E-state index contributed by atoms with van der Waals surface area (Å²) in [6, 6.07) is 8.06. The molecule has 0 bridgehead atoms. The van der Waals surface area contributed by atoms with Crippen molar-refractivity contribution in [2.45, 2.75) is 52.2 Å². The molecule has 3 nitrogen and oxygen atoms in total. The van der Waals surface area contributed by atoms with Gasteiger partial charge in [0, 0.05) is 0 Å². The van der Waals surface area contributed by atoms with Crippen molar-refractivity contribution in [3.8, 4) is 0 Å². The van der Waals surface area contributed by atoms with Gasteiger partial charge in [-0.1, -0.05) is 38.1 Å². The zero-order valence-corrected chi connectivity index (χ0v) is 13.3. The van der Waals surface area contributed by atoms with E-state index in [0.29, 0.717) is 25.7 Å². The average molecular weight is 280 g/mol. The number of ether oxygens (including phenoxy) is 2. The summed E-state index contributed by atoms with van der Waals surface area (Å²) in [6.07, 6.45) is -0.578. The first-order valence-corrected chi connectivity index (χ1v) is 7.29. The molecule has 0 aromatic heterocycles. The van der Waals surface area contributed by atoms with Gasteiger partial charge in [0.25, 0.3) is 0 Å². The lowest BCUT2D eigenvalue weighted by molar-refractivity contribution is -0.0477. The summed E-state index contributed by atoms with van der Waals surface area (Å²) in [7, 11) is 0. The van der Waals surface area contributed by atoms with E-state index in [1.54, 1.807) is 0 Å². The predicted octanol–water partition coefficient (Wildman–Crippen LogP) is 3.68. The molecule has 0 heterocycles. The number of hydrogen-bond donors (Lipinski definition) is 1. The Balaban J connectivity index is 2.30.